The zero-order valence-corrected chi connectivity index (χ0v) is 10.3. The lowest BCUT2D eigenvalue weighted by Gasteiger charge is -2.13. The average Bonchev–Trinajstić information content (AvgIpc) is 2.17. The molecule has 6 heteroatoms. The van der Waals surface area contributed by atoms with E-state index in [-0.39, 0.29) is 12.4 Å². The molecule has 0 aliphatic rings. The van der Waals surface area contributed by atoms with Crippen LogP contribution in [0.2, 0.25) is 0 Å². The molecule has 0 heterocycles. The highest BCUT2D eigenvalue weighted by Crippen LogP contribution is 2.29. The molecular formula is C9H11BrClF2NO. The molecule has 1 rings (SSSR count). The molecule has 0 aliphatic carbocycles. The summed E-state index contributed by atoms with van der Waals surface area (Å²) in [7, 11) is 1.47. The van der Waals surface area contributed by atoms with Gasteiger partial charge in [0.2, 0.25) is 0 Å². The van der Waals surface area contributed by atoms with Gasteiger partial charge in [-0.1, -0.05) is 15.9 Å². The largest absolute Gasteiger partial charge is 0.497 e. The van der Waals surface area contributed by atoms with E-state index in [4.69, 9.17) is 10.5 Å². The second kappa shape index (κ2) is 6.25. The summed E-state index contributed by atoms with van der Waals surface area (Å²) in [6, 6.07) is 3.52. The fourth-order valence-corrected chi connectivity index (χ4v) is 1.55. The van der Waals surface area contributed by atoms with Gasteiger partial charge in [-0.25, -0.2) is 8.78 Å². The third-order valence-electron chi connectivity index (χ3n) is 1.83. The number of methoxy groups -OCH3 is 1. The molecule has 0 bridgehead atoms. The Morgan fingerprint density at radius 2 is 2.00 bits per heavy atom. The Morgan fingerprint density at radius 1 is 1.40 bits per heavy atom. The molecule has 1 aromatic carbocycles. The van der Waals surface area contributed by atoms with Crippen molar-refractivity contribution in [2.45, 2.75) is 12.5 Å². The van der Waals surface area contributed by atoms with Crippen molar-refractivity contribution in [1.29, 1.82) is 0 Å². The zero-order valence-electron chi connectivity index (χ0n) is 7.91. The van der Waals surface area contributed by atoms with Crippen LogP contribution in [0.3, 0.4) is 0 Å². The quantitative estimate of drug-likeness (QED) is 0.931. The fraction of sp³-hybridized carbons (Fsp3) is 0.333. The predicted molar refractivity (Wildman–Crippen MR) is 60.9 cm³/mol. The van der Waals surface area contributed by atoms with Crippen molar-refractivity contribution in [3.63, 3.8) is 0 Å². The standard InChI is InChI=1S/C9H10BrF2NO.ClH/c1-14-5-2-3-7(10)6(4-5)8(13)9(11)12;/h2-4,8-9H,13H2,1H3;1H/t8-;/m0./s1. The molecular weight excluding hydrogens is 291 g/mol. The Morgan fingerprint density at radius 3 is 2.47 bits per heavy atom. The zero-order chi connectivity index (χ0) is 10.7. The van der Waals surface area contributed by atoms with Crippen LogP contribution in [0.4, 0.5) is 8.78 Å². The van der Waals surface area contributed by atoms with Crippen LogP contribution in [0.1, 0.15) is 11.6 Å². The first-order valence-corrected chi connectivity index (χ1v) is 4.72. The molecule has 0 amide bonds. The topological polar surface area (TPSA) is 35.2 Å². The van der Waals surface area contributed by atoms with E-state index in [1.165, 1.54) is 13.2 Å². The molecule has 0 aliphatic heterocycles. The van der Waals surface area contributed by atoms with Gasteiger partial charge in [0.15, 0.2) is 0 Å². The monoisotopic (exact) mass is 301 g/mol. The van der Waals surface area contributed by atoms with Gasteiger partial charge in [-0.2, -0.15) is 0 Å². The van der Waals surface area contributed by atoms with Crippen molar-refractivity contribution in [3.05, 3.63) is 28.2 Å². The van der Waals surface area contributed by atoms with Gasteiger partial charge in [-0.15, -0.1) is 12.4 Å². The highest BCUT2D eigenvalue weighted by atomic mass is 79.9. The molecule has 15 heavy (non-hydrogen) atoms. The summed E-state index contributed by atoms with van der Waals surface area (Å²) < 4.78 is 30.2. The molecule has 86 valence electrons. The van der Waals surface area contributed by atoms with Crippen LogP contribution in [0, 0.1) is 0 Å². The maximum Gasteiger partial charge on any atom is 0.257 e. The summed E-state index contributed by atoms with van der Waals surface area (Å²) in [5, 5.41) is 0. The van der Waals surface area contributed by atoms with E-state index in [9.17, 15) is 8.78 Å². The van der Waals surface area contributed by atoms with E-state index in [0.29, 0.717) is 15.8 Å². The minimum absolute atomic E-state index is 0. The molecule has 0 aromatic heterocycles. The van der Waals surface area contributed by atoms with Crippen LogP contribution in [0.25, 0.3) is 0 Å². The molecule has 0 saturated carbocycles. The van der Waals surface area contributed by atoms with Crippen molar-refractivity contribution >= 4 is 28.3 Å². The van der Waals surface area contributed by atoms with Crippen molar-refractivity contribution in [2.24, 2.45) is 5.73 Å². The summed E-state index contributed by atoms with van der Waals surface area (Å²) in [6.07, 6.45) is -2.58. The second-order valence-corrected chi connectivity index (χ2v) is 3.60. The first-order chi connectivity index (χ1) is 6.56. The Bertz CT molecular complexity index is 325. The number of benzene rings is 1. The average molecular weight is 303 g/mol. The second-order valence-electron chi connectivity index (χ2n) is 2.75. The van der Waals surface area contributed by atoms with E-state index in [0.717, 1.165) is 0 Å². The van der Waals surface area contributed by atoms with Gasteiger partial charge in [0, 0.05) is 4.47 Å². The van der Waals surface area contributed by atoms with Gasteiger partial charge in [0.05, 0.1) is 13.2 Å². The van der Waals surface area contributed by atoms with E-state index in [1.54, 1.807) is 12.1 Å². The van der Waals surface area contributed by atoms with E-state index >= 15 is 0 Å². The summed E-state index contributed by atoms with van der Waals surface area (Å²) in [5.74, 6) is 0.513. The minimum atomic E-state index is -2.58. The molecule has 0 saturated heterocycles. The lowest BCUT2D eigenvalue weighted by atomic mass is 10.1. The van der Waals surface area contributed by atoms with E-state index in [1.807, 2.05) is 0 Å². The summed E-state index contributed by atoms with van der Waals surface area (Å²) in [4.78, 5) is 0. The predicted octanol–water partition coefficient (Wildman–Crippen LogP) is 3.14. The third kappa shape index (κ3) is 3.59. The smallest absolute Gasteiger partial charge is 0.257 e. The Labute approximate surface area is 101 Å². The molecule has 1 aromatic rings. The van der Waals surface area contributed by atoms with Gasteiger partial charge >= 0.3 is 0 Å². The number of hydrogen-bond donors (Lipinski definition) is 1. The van der Waals surface area contributed by atoms with Crippen molar-refractivity contribution in [1.82, 2.24) is 0 Å². The first kappa shape index (κ1) is 14.6. The van der Waals surface area contributed by atoms with Gasteiger partial charge < -0.3 is 10.5 Å². The lowest BCUT2D eigenvalue weighted by Crippen LogP contribution is -2.19. The Hall–Kier alpha value is -0.390. The number of rotatable bonds is 3. The SMILES string of the molecule is COc1ccc(Br)c([C@H](N)C(F)F)c1.Cl. The number of alkyl halides is 2. The summed E-state index contributed by atoms with van der Waals surface area (Å²) >= 11 is 3.16. The van der Waals surface area contributed by atoms with Crippen molar-refractivity contribution in [3.8, 4) is 5.75 Å². The van der Waals surface area contributed by atoms with Crippen molar-refractivity contribution in [2.75, 3.05) is 7.11 Å². The third-order valence-corrected chi connectivity index (χ3v) is 2.56. The van der Waals surface area contributed by atoms with Crippen molar-refractivity contribution < 1.29 is 13.5 Å². The number of nitrogens with two attached hydrogens (primary N) is 1. The Balaban J connectivity index is 0.00000196. The maximum absolute atomic E-state index is 12.3. The van der Waals surface area contributed by atoms with E-state index in [2.05, 4.69) is 15.9 Å². The van der Waals surface area contributed by atoms with Crippen LogP contribution in [0.15, 0.2) is 22.7 Å². The normalized spacial score (nSPS) is 12.1. The molecule has 0 radical (unpaired) electrons. The molecule has 1 atom stereocenters. The van der Waals surface area contributed by atoms with Gasteiger partial charge in [-0.3, -0.25) is 0 Å². The number of ether oxygens (including phenoxy) is 1. The lowest BCUT2D eigenvalue weighted by molar-refractivity contribution is 0.116. The molecule has 0 unspecified atom stereocenters. The highest BCUT2D eigenvalue weighted by Gasteiger charge is 2.20. The fourth-order valence-electron chi connectivity index (χ4n) is 1.04. The van der Waals surface area contributed by atoms with Crippen LogP contribution >= 0.6 is 28.3 Å². The minimum Gasteiger partial charge on any atom is -0.497 e. The maximum atomic E-state index is 12.3. The van der Waals surface area contributed by atoms with Gasteiger partial charge in [0.25, 0.3) is 6.43 Å². The van der Waals surface area contributed by atoms with Crippen LogP contribution < -0.4 is 10.5 Å². The number of hydrogen-bond acceptors (Lipinski definition) is 2. The highest BCUT2D eigenvalue weighted by molar-refractivity contribution is 9.10. The summed E-state index contributed by atoms with van der Waals surface area (Å²) in [6.45, 7) is 0. The first-order valence-electron chi connectivity index (χ1n) is 3.93. The Kier molecular flexibility index (Phi) is 6.09. The molecule has 2 nitrogen and oxygen atoms in total. The van der Waals surface area contributed by atoms with E-state index < -0.39 is 12.5 Å². The van der Waals surface area contributed by atoms with Gasteiger partial charge in [0.1, 0.15) is 5.75 Å². The van der Waals surface area contributed by atoms with Gasteiger partial charge in [-0.05, 0) is 23.8 Å². The number of halogens is 4. The molecule has 0 fully saturated rings. The van der Waals surface area contributed by atoms with Crippen LogP contribution in [-0.2, 0) is 0 Å². The van der Waals surface area contributed by atoms with Crippen LogP contribution in [0.5, 0.6) is 5.75 Å². The summed E-state index contributed by atoms with van der Waals surface area (Å²) in [5.41, 5.74) is 5.67. The van der Waals surface area contributed by atoms with Crippen LogP contribution in [-0.4, -0.2) is 13.5 Å². The molecule has 0 spiro atoms. The molecule has 2 N–H and O–H groups in total.